The summed E-state index contributed by atoms with van der Waals surface area (Å²) in [4.78, 5) is 11.4. The molecule has 4 aromatic rings. The minimum Gasteiger partial charge on any atom is -0.497 e. The first kappa shape index (κ1) is 20.1. The summed E-state index contributed by atoms with van der Waals surface area (Å²) in [6.45, 7) is 1.81. The highest BCUT2D eigenvalue weighted by atomic mass is 16.5. The number of piperidine rings is 1. The Balaban J connectivity index is 1.31. The fraction of sp³-hybridized carbons (Fsp3) is 0.292. The fourth-order valence-corrected chi connectivity index (χ4v) is 4.20. The van der Waals surface area contributed by atoms with Crippen molar-refractivity contribution in [3.05, 3.63) is 61.1 Å². The van der Waals surface area contributed by atoms with Gasteiger partial charge in [-0.1, -0.05) is 18.2 Å². The number of benzene rings is 2. The summed E-state index contributed by atoms with van der Waals surface area (Å²) in [6.07, 6.45) is 5.49. The van der Waals surface area contributed by atoms with Crippen LogP contribution in [0.4, 0.5) is 11.5 Å². The van der Waals surface area contributed by atoms with E-state index in [9.17, 15) is 0 Å². The Labute approximate surface area is 186 Å². The minimum absolute atomic E-state index is 0.368. The SMILES string of the molecule is COc1cc(NC2CCN(c3ncnc4c3cnn4-c3ccccc3)CC2)cc(OC)c1. The van der Waals surface area contributed by atoms with Crippen LogP contribution in [-0.4, -0.2) is 53.1 Å². The molecule has 1 aliphatic heterocycles. The van der Waals surface area contributed by atoms with E-state index in [0.29, 0.717) is 6.04 Å². The maximum atomic E-state index is 5.39. The Morgan fingerprint density at radius 1 is 0.938 bits per heavy atom. The van der Waals surface area contributed by atoms with Gasteiger partial charge in [0.25, 0.3) is 0 Å². The molecular weight excluding hydrogens is 404 g/mol. The fourth-order valence-electron chi connectivity index (χ4n) is 4.20. The molecule has 2 aromatic heterocycles. The second kappa shape index (κ2) is 8.74. The number of hydrogen-bond acceptors (Lipinski definition) is 7. The number of aromatic nitrogens is 4. The zero-order chi connectivity index (χ0) is 21.9. The van der Waals surface area contributed by atoms with Gasteiger partial charge in [-0.3, -0.25) is 0 Å². The van der Waals surface area contributed by atoms with Crippen LogP contribution in [0.25, 0.3) is 16.7 Å². The van der Waals surface area contributed by atoms with Crippen molar-refractivity contribution in [2.75, 3.05) is 37.5 Å². The number of hydrogen-bond donors (Lipinski definition) is 1. The van der Waals surface area contributed by atoms with E-state index in [-0.39, 0.29) is 0 Å². The lowest BCUT2D eigenvalue weighted by molar-refractivity contribution is 0.394. The molecule has 8 nitrogen and oxygen atoms in total. The van der Waals surface area contributed by atoms with Crippen LogP contribution in [0.15, 0.2) is 61.1 Å². The van der Waals surface area contributed by atoms with Gasteiger partial charge in [-0.15, -0.1) is 0 Å². The quantitative estimate of drug-likeness (QED) is 0.497. The van der Waals surface area contributed by atoms with Crippen molar-refractivity contribution in [1.82, 2.24) is 19.7 Å². The van der Waals surface area contributed by atoms with Gasteiger partial charge in [0.15, 0.2) is 5.65 Å². The van der Waals surface area contributed by atoms with Crippen LogP contribution in [0.5, 0.6) is 11.5 Å². The lowest BCUT2D eigenvalue weighted by Gasteiger charge is -2.33. The topological polar surface area (TPSA) is 77.3 Å². The molecule has 0 amide bonds. The van der Waals surface area contributed by atoms with Gasteiger partial charge in [-0.25, -0.2) is 14.6 Å². The summed E-state index contributed by atoms with van der Waals surface area (Å²) in [5.74, 6) is 2.50. The summed E-state index contributed by atoms with van der Waals surface area (Å²) in [5, 5.41) is 9.18. The van der Waals surface area contributed by atoms with Gasteiger partial charge in [0.2, 0.25) is 0 Å². The van der Waals surface area contributed by atoms with Crippen molar-refractivity contribution in [3.63, 3.8) is 0 Å². The number of nitrogens with one attached hydrogen (secondary N) is 1. The highest BCUT2D eigenvalue weighted by Crippen LogP contribution is 2.30. The lowest BCUT2D eigenvalue weighted by Crippen LogP contribution is -2.39. The summed E-state index contributed by atoms with van der Waals surface area (Å²) in [6, 6.07) is 16.3. The number of rotatable bonds is 6. The molecule has 1 saturated heterocycles. The molecule has 5 rings (SSSR count). The smallest absolute Gasteiger partial charge is 0.168 e. The van der Waals surface area contributed by atoms with E-state index >= 15 is 0 Å². The monoisotopic (exact) mass is 430 g/mol. The molecule has 0 spiro atoms. The van der Waals surface area contributed by atoms with Crippen LogP contribution in [0.1, 0.15) is 12.8 Å². The summed E-state index contributed by atoms with van der Waals surface area (Å²) in [7, 11) is 3.33. The van der Waals surface area contributed by atoms with E-state index in [0.717, 1.165) is 65.7 Å². The standard InChI is InChI=1S/C24H26N6O2/c1-31-20-12-18(13-21(14-20)32-2)28-17-8-10-29(11-9-17)23-22-15-27-30(24(22)26-16-25-23)19-6-4-3-5-7-19/h3-7,12-17,28H,8-11H2,1-2H3. The first-order valence-electron chi connectivity index (χ1n) is 10.7. The van der Waals surface area contributed by atoms with Gasteiger partial charge in [0, 0.05) is 43.0 Å². The van der Waals surface area contributed by atoms with Crippen LogP contribution in [0.2, 0.25) is 0 Å². The molecule has 8 heteroatoms. The highest BCUT2D eigenvalue weighted by molar-refractivity contribution is 5.87. The molecule has 1 fully saturated rings. The molecule has 0 saturated carbocycles. The highest BCUT2D eigenvalue weighted by Gasteiger charge is 2.23. The number of fused-ring (bicyclic) bond motifs is 1. The maximum Gasteiger partial charge on any atom is 0.168 e. The Kier molecular flexibility index (Phi) is 5.49. The van der Waals surface area contributed by atoms with Crippen LogP contribution < -0.4 is 19.7 Å². The zero-order valence-electron chi connectivity index (χ0n) is 18.2. The molecule has 0 aliphatic carbocycles. The molecule has 1 aliphatic rings. The van der Waals surface area contributed by atoms with Crippen molar-refractivity contribution < 1.29 is 9.47 Å². The van der Waals surface area contributed by atoms with E-state index in [1.807, 2.05) is 59.4 Å². The number of methoxy groups -OCH3 is 2. The summed E-state index contributed by atoms with van der Waals surface area (Å²) in [5.41, 5.74) is 2.82. The van der Waals surface area contributed by atoms with Crippen LogP contribution in [0.3, 0.4) is 0 Å². The van der Waals surface area contributed by atoms with E-state index in [4.69, 9.17) is 9.47 Å². The van der Waals surface area contributed by atoms with Gasteiger partial charge in [0.1, 0.15) is 23.6 Å². The average Bonchev–Trinajstić information content (AvgIpc) is 3.29. The van der Waals surface area contributed by atoms with Crippen molar-refractivity contribution in [3.8, 4) is 17.2 Å². The van der Waals surface area contributed by atoms with Gasteiger partial charge in [0.05, 0.1) is 31.5 Å². The third kappa shape index (κ3) is 3.91. The second-order valence-electron chi connectivity index (χ2n) is 7.83. The van der Waals surface area contributed by atoms with E-state index in [1.165, 1.54) is 0 Å². The number of anilines is 2. The Bertz CT molecular complexity index is 1180. The third-order valence-corrected chi connectivity index (χ3v) is 5.86. The van der Waals surface area contributed by atoms with Crippen LogP contribution in [0, 0.1) is 0 Å². The zero-order valence-corrected chi connectivity index (χ0v) is 18.2. The van der Waals surface area contributed by atoms with Crippen LogP contribution >= 0.6 is 0 Å². The van der Waals surface area contributed by atoms with Crippen molar-refractivity contribution >= 4 is 22.5 Å². The first-order chi connectivity index (χ1) is 15.7. The van der Waals surface area contributed by atoms with Gasteiger partial charge in [-0.05, 0) is 25.0 Å². The van der Waals surface area contributed by atoms with Crippen molar-refractivity contribution in [2.24, 2.45) is 0 Å². The average molecular weight is 431 g/mol. The van der Waals surface area contributed by atoms with E-state index in [2.05, 4.69) is 25.3 Å². The molecule has 3 heterocycles. The molecule has 1 N–H and O–H groups in total. The number of para-hydroxylation sites is 1. The van der Waals surface area contributed by atoms with Crippen molar-refractivity contribution in [2.45, 2.75) is 18.9 Å². The minimum atomic E-state index is 0.368. The molecular formula is C24H26N6O2. The normalized spacial score (nSPS) is 14.5. The summed E-state index contributed by atoms with van der Waals surface area (Å²) >= 11 is 0. The van der Waals surface area contributed by atoms with E-state index in [1.54, 1.807) is 20.5 Å². The lowest BCUT2D eigenvalue weighted by atomic mass is 10.0. The van der Waals surface area contributed by atoms with Crippen molar-refractivity contribution in [1.29, 1.82) is 0 Å². The number of nitrogens with zero attached hydrogens (tertiary/aromatic N) is 5. The van der Waals surface area contributed by atoms with Gasteiger partial charge >= 0.3 is 0 Å². The first-order valence-corrected chi connectivity index (χ1v) is 10.7. The van der Waals surface area contributed by atoms with E-state index < -0.39 is 0 Å². The molecule has 164 valence electrons. The molecule has 0 atom stereocenters. The molecule has 32 heavy (non-hydrogen) atoms. The summed E-state index contributed by atoms with van der Waals surface area (Å²) < 4.78 is 12.6. The Hall–Kier alpha value is -3.81. The second-order valence-corrected chi connectivity index (χ2v) is 7.83. The van der Waals surface area contributed by atoms with Crippen LogP contribution in [-0.2, 0) is 0 Å². The van der Waals surface area contributed by atoms with Gasteiger partial charge < -0.3 is 19.7 Å². The Morgan fingerprint density at radius 2 is 1.66 bits per heavy atom. The molecule has 2 aromatic carbocycles. The molecule has 0 radical (unpaired) electrons. The largest absolute Gasteiger partial charge is 0.497 e. The number of ether oxygens (including phenoxy) is 2. The maximum absolute atomic E-state index is 5.39. The molecule has 0 bridgehead atoms. The predicted octanol–water partition coefficient (Wildman–Crippen LogP) is 3.91. The Morgan fingerprint density at radius 3 is 2.34 bits per heavy atom. The predicted molar refractivity (Wildman–Crippen MR) is 125 cm³/mol. The third-order valence-electron chi connectivity index (χ3n) is 5.86. The van der Waals surface area contributed by atoms with Gasteiger partial charge in [-0.2, -0.15) is 5.10 Å². The molecule has 0 unspecified atom stereocenters.